The second-order valence-corrected chi connectivity index (χ2v) is 8.07. The van der Waals surface area contributed by atoms with Crippen LogP contribution in [0.5, 0.6) is 0 Å². The molecule has 31 heavy (non-hydrogen) atoms. The van der Waals surface area contributed by atoms with Crippen molar-refractivity contribution >= 4 is 33.9 Å². The molecule has 0 saturated carbocycles. The van der Waals surface area contributed by atoms with Gasteiger partial charge in [0.05, 0.1) is 11.3 Å². The van der Waals surface area contributed by atoms with E-state index >= 15 is 0 Å². The van der Waals surface area contributed by atoms with Crippen LogP contribution in [-0.4, -0.2) is 40.1 Å². The number of hydrogen-bond acceptors (Lipinski definition) is 5. The molecule has 0 saturated heterocycles. The third-order valence-electron chi connectivity index (χ3n) is 4.56. The monoisotopic (exact) mass is 453 g/mol. The molecule has 0 aliphatic heterocycles. The van der Waals surface area contributed by atoms with Crippen LogP contribution < -0.4 is 5.32 Å². The van der Waals surface area contributed by atoms with E-state index < -0.39 is 11.7 Å². The molecule has 1 unspecified atom stereocenters. The van der Waals surface area contributed by atoms with Crippen molar-refractivity contribution in [1.82, 2.24) is 14.7 Å². The Bertz CT molecular complexity index is 1010. The smallest absolute Gasteiger partial charge is 0.319 e. The van der Waals surface area contributed by atoms with E-state index in [1.807, 2.05) is 32.4 Å². The van der Waals surface area contributed by atoms with E-state index in [0.29, 0.717) is 17.7 Å². The number of imidazole rings is 1. The number of rotatable bonds is 6. The molecular weight excluding hydrogens is 427 g/mol. The Morgan fingerprint density at radius 1 is 1.32 bits per heavy atom. The van der Waals surface area contributed by atoms with Crippen LogP contribution in [0.3, 0.4) is 0 Å². The van der Waals surface area contributed by atoms with Gasteiger partial charge in [0.1, 0.15) is 11.4 Å². The van der Waals surface area contributed by atoms with E-state index in [1.54, 1.807) is 12.3 Å². The van der Waals surface area contributed by atoms with Crippen molar-refractivity contribution in [3.05, 3.63) is 53.5 Å². The molecule has 2 aromatic rings. The number of carbonyl (C=O) groups excluding carboxylic acids is 2. The summed E-state index contributed by atoms with van der Waals surface area (Å²) in [6, 6.07) is 1.11. The molecule has 1 N–H and O–H groups in total. The number of nitrogens with zero attached hydrogens (tertiary/aromatic N) is 2. The van der Waals surface area contributed by atoms with Crippen molar-refractivity contribution in [1.29, 1.82) is 0 Å². The van der Waals surface area contributed by atoms with Gasteiger partial charge in [-0.15, -0.1) is 0 Å². The summed E-state index contributed by atoms with van der Waals surface area (Å²) in [4.78, 5) is 26.0. The molecule has 9 heteroatoms. The van der Waals surface area contributed by atoms with Gasteiger partial charge in [0, 0.05) is 31.3 Å². The first-order valence-electron chi connectivity index (χ1n) is 9.74. The van der Waals surface area contributed by atoms with Crippen LogP contribution in [-0.2, 0) is 22.2 Å². The molecule has 0 fully saturated rings. The largest absolute Gasteiger partial charge is 0.420 e. The third-order valence-corrected chi connectivity index (χ3v) is 5.36. The van der Waals surface area contributed by atoms with Crippen molar-refractivity contribution in [3.8, 4) is 0 Å². The van der Waals surface area contributed by atoms with Gasteiger partial charge in [-0.2, -0.15) is 13.2 Å². The van der Waals surface area contributed by atoms with Gasteiger partial charge in [0.15, 0.2) is 5.12 Å². The van der Waals surface area contributed by atoms with Crippen molar-refractivity contribution in [2.75, 3.05) is 19.8 Å². The highest BCUT2D eigenvalue weighted by molar-refractivity contribution is 8.13. The fourth-order valence-electron chi connectivity index (χ4n) is 3.12. The first-order chi connectivity index (χ1) is 14.6. The molecular formula is C22H26F3N3O2S. The van der Waals surface area contributed by atoms with E-state index in [-0.39, 0.29) is 28.9 Å². The number of thioether (sulfide) groups is 1. The Hall–Kier alpha value is -2.39. The Morgan fingerprint density at radius 3 is 2.55 bits per heavy atom. The first kappa shape index (κ1) is 24.9. The fraction of sp³-hybridized carbons (Fsp3) is 0.409. The number of aromatic nitrogens is 2. The maximum atomic E-state index is 13.3. The number of allylic oxidation sites excluding steroid dienone is 4. The number of hydrogen-bond donors (Lipinski definition) is 1. The molecule has 0 aromatic carbocycles. The van der Waals surface area contributed by atoms with Crippen molar-refractivity contribution < 1.29 is 22.8 Å². The van der Waals surface area contributed by atoms with Gasteiger partial charge in [-0.1, -0.05) is 36.9 Å². The molecule has 5 nitrogen and oxygen atoms in total. The van der Waals surface area contributed by atoms with E-state index in [1.165, 1.54) is 29.3 Å². The van der Waals surface area contributed by atoms with Crippen molar-refractivity contribution in [3.63, 3.8) is 0 Å². The first-order valence-corrected chi connectivity index (χ1v) is 11.0. The van der Waals surface area contributed by atoms with Gasteiger partial charge in [-0.3, -0.25) is 9.59 Å². The number of pyridine rings is 1. The summed E-state index contributed by atoms with van der Waals surface area (Å²) >= 11 is 1.29. The van der Waals surface area contributed by atoms with Gasteiger partial charge in [-0.25, -0.2) is 4.98 Å². The fourth-order valence-corrected chi connectivity index (χ4v) is 3.60. The average Bonchev–Trinajstić information content (AvgIpc) is 3.35. The van der Waals surface area contributed by atoms with Gasteiger partial charge in [-0.05, 0) is 43.9 Å². The van der Waals surface area contributed by atoms with E-state index in [9.17, 15) is 22.8 Å². The highest BCUT2D eigenvalue weighted by atomic mass is 32.2. The second-order valence-electron chi connectivity index (χ2n) is 7.26. The minimum atomic E-state index is -4.50. The summed E-state index contributed by atoms with van der Waals surface area (Å²) < 4.78 is 41.2. The number of fused-ring (bicyclic) bond motifs is 1. The van der Waals surface area contributed by atoms with Crippen LogP contribution in [0.4, 0.5) is 13.2 Å². The van der Waals surface area contributed by atoms with Crippen LogP contribution in [0.15, 0.2) is 36.7 Å². The van der Waals surface area contributed by atoms with Crippen LogP contribution in [0.25, 0.3) is 11.2 Å². The summed E-state index contributed by atoms with van der Waals surface area (Å²) in [6.45, 7) is 4.09. The lowest BCUT2D eigenvalue weighted by Gasteiger charge is -2.11. The highest BCUT2D eigenvalue weighted by Gasteiger charge is 2.35. The molecule has 2 heterocycles. The number of Topliss-reactive ketones (excluding diaryl/α,β-unsaturated/α-hetero) is 1. The summed E-state index contributed by atoms with van der Waals surface area (Å²) in [5.74, 6) is 0.00335. The predicted octanol–water partition coefficient (Wildman–Crippen LogP) is 4.56. The van der Waals surface area contributed by atoms with Crippen molar-refractivity contribution in [2.45, 2.75) is 32.9 Å². The number of alkyl halides is 3. The predicted molar refractivity (Wildman–Crippen MR) is 118 cm³/mol. The molecule has 168 valence electrons. The van der Waals surface area contributed by atoms with Crippen LogP contribution in [0.2, 0.25) is 0 Å². The number of halogens is 3. The van der Waals surface area contributed by atoms with Crippen LogP contribution >= 0.6 is 11.8 Å². The minimum Gasteiger partial charge on any atom is -0.319 e. The SMILES string of the molecule is CC(=O)Cc1cn2cc(C3=CCC=C3)cc(C(F)(F)F)c2n1.CNCC(C)C(=O)SC. The maximum Gasteiger partial charge on any atom is 0.420 e. The van der Waals surface area contributed by atoms with Gasteiger partial charge < -0.3 is 9.72 Å². The molecule has 1 atom stereocenters. The minimum absolute atomic E-state index is 0.0247. The highest BCUT2D eigenvalue weighted by Crippen LogP contribution is 2.35. The van der Waals surface area contributed by atoms with Crippen molar-refractivity contribution in [2.24, 2.45) is 5.92 Å². The molecule has 1 aliphatic carbocycles. The van der Waals surface area contributed by atoms with Crippen LogP contribution in [0.1, 0.15) is 37.1 Å². The van der Waals surface area contributed by atoms with E-state index in [2.05, 4.69) is 10.3 Å². The number of ketones is 1. The van der Waals surface area contributed by atoms with Gasteiger partial charge in [0.2, 0.25) is 0 Å². The summed E-state index contributed by atoms with van der Waals surface area (Å²) in [5.41, 5.74) is 0.622. The molecule has 0 radical (unpaired) electrons. The lowest BCUT2D eigenvalue weighted by molar-refractivity contribution is -0.136. The lowest BCUT2D eigenvalue weighted by Crippen LogP contribution is -2.21. The Labute approximate surface area is 183 Å². The summed E-state index contributed by atoms with van der Waals surface area (Å²) in [7, 11) is 1.85. The summed E-state index contributed by atoms with van der Waals surface area (Å²) in [5, 5.41) is 3.20. The quantitative estimate of drug-likeness (QED) is 0.695. The molecule has 2 aromatic heterocycles. The summed E-state index contributed by atoms with van der Waals surface area (Å²) in [6.07, 6.45) is 6.71. The van der Waals surface area contributed by atoms with Crippen LogP contribution in [0, 0.1) is 5.92 Å². The van der Waals surface area contributed by atoms with Gasteiger partial charge in [0.25, 0.3) is 0 Å². The Morgan fingerprint density at radius 2 is 2.03 bits per heavy atom. The molecule has 0 spiro atoms. The maximum absolute atomic E-state index is 13.3. The van der Waals surface area contributed by atoms with E-state index in [0.717, 1.165) is 18.2 Å². The second kappa shape index (κ2) is 10.8. The zero-order valence-corrected chi connectivity index (χ0v) is 18.7. The van der Waals surface area contributed by atoms with E-state index in [4.69, 9.17) is 0 Å². The van der Waals surface area contributed by atoms with Gasteiger partial charge >= 0.3 is 6.18 Å². The number of carbonyl (C=O) groups is 2. The zero-order chi connectivity index (χ0) is 23.2. The normalized spacial score (nSPS) is 14.2. The molecule has 0 amide bonds. The standard InChI is InChI=1S/C16H13F3N2O.C6H13NOS/c1-10(22)6-13-9-21-8-12(11-4-2-3-5-11)7-14(15(21)20-13)16(17,18)19;1-5(4-7-2)6(8)9-3/h2,4-5,7-9H,3,6H2,1H3;5,7H,4H2,1-3H3. The lowest BCUT2D eigenvalue weighted by atomic mass is 10.1. The Balaban J connectivity index is 0.000000323. The zero-order valence-electron chi connectivity index (χ0n) is 17.9. The third kappa shape index (κ3) is 6.80. The average molecular weight is 454 g/mol. The molecule has 1 aliphatic rings. The molecule has 0 bridgehead atoms. The Kier molecular flexibility index (Phi) is 8.64. The topological polar surface area (TPSA) is 63.5 Å². The molecule has 3 rings (SSSR count). The number of nitrogens with one attached hydrogen (secondary N) is 1.